The van der Waals surface area contributed by atoms with Crippen LogP contribution in [-0.4, -0.2) is 12.0 Å². The Labute approximate surface area is 119 Å². The summed E-state index contributed by atoms with van der Waals surface area (Å²) in [4.78, 5) is 12.3. The zero-order valence-corrected chi connectivity index (χ0v) is 11.8. The summed E-state index contributed by atoms with van der Waals surface area (Å²) in [7, 11) is 0. The number of rotatable bonds is 2. The number of benzene rings is 1. The van der Waals surface area contributed by atoms with Gasteiger partial charge in [-0.05, 0) is 42.2 Å². The number of ether oxygens (including phenoxy) is 1. The number of aryl methyl sites for hydroxylation is 1. The summed E-state index contributed by atoms with van der Waals surface area (Å²) < 4.78 is 6.05. The Hall–Kier alpha value is -2.03. The molecule has 2 unspecified atom stereocenters. The lowest BCUT2D eigenvalue weighted by Crippen LogP contribution is -2.33. The number of fused-ring (bicyclic) bond motifs is 2. The second-order valence-electron chi connectivity index (χ2n) is 5.24. The van der Waals surface area contributed by atoms with Gasteiger partial charge in [0.05, 0.1) is 11.6 Å². The van der Waals surface area contributed by atoms with Crippen LogP contribution in [0.1, 0.15) is 25.8 Å². The normalized spacial score (nSPS) is 23.9. The van der Waals surface area contributed by atoms with Crippen molar-refractivity contribution in [1.29, 1.82) is 0 Å². The number of carbonyl (C=O) groups excluding carboxylic acids is 1. The van der Waals surface area contributed by atoms with Crippen molar-refractivity contribution in [3.05, 3.63) is 47.6 Å². The van der Waals surface area contributed by atoms with Gasteiger partial charge in [0.15, 0.2) is 0 Å². The highest BCUT2D eigenvalue weighted by molar-refractivity contribution is 5.96. The maximum Gasteiger partial charge on any atom is 0.235 e. The van der Waals surface area contributed by atoms with Gasteiger partial charge in [0.2, 0.25) is 5.91 Å². The minimum Gasteiger partial charge on any atom is -0.483 e. The van der Waals surface area contributed by atoms with Gasteiger partial charge in [0, 0.05) is 0 Å². The van der Waals surface area contributed by atoms with E-state index in [0.29, 0.717) is 0 Å². The van der Waals surface area contributed by atoms with Crippen LogP contribution in [0.3, 0.4) is 0 Å². The van der Waals surface area contributed by atoms with E-state index >= 15 is 0 Å². The first-order valence-electron chi connectivity index (χ1n) is 7.20. The largest absolute Gasteiger partial charge is 0.483 e. The van der Waals surface area contributed by atoms with E-state index in [1.165, 1.54) is 11.1 Å². The molecule has 0 saturated carbocycles. The third-order valence-corrected chi connectivity index (χ3v) is 3.93. The van der Waals surface area contributed by atoms with Gasteiger partial charge in [-0.1, -0.05) is 32.1 Å². The predicted octanol–water partition coefficient (Wildman–Crippen LogP) is 3.47. The van der Waals surface area contributed by atoms with Crippen LogP contribution >= 0.6 is 0 Å². The topological polar surface area (TPSA) is 38.3 Å². The van der Waals surface area contributed by atoms with Crippen LogP contribution in [0.15, 0.2) is 42.0 Å². The average molecular weight is 269 g/mol. The molecule has 0 aromatic heterocycles. The van der Waals surface area contributed by atoms with Crippen molar-refractivity contribution in [2.45, 2.75) is 32.8 Å². The third kappa shape index (κ3) is 2.24. The lowest BCUT2D eigenvalue weighted by Gasteiger charge is -2.22. The van der Waals surface area contributed by atoms with Crippen LogP contribution in [-0.2, 0) is 11.2 Å². The molecule has 0 radical (unpaired) electrons. The molecule has 1 aromatic carbocycles. The van der Waals surface area contributed by atoms with Crippen LogP contribution in [0.25, 0.3) is 0 Å². The van der Waals surface area contributed by atoms with Crippen LogP contribution < -0.4 is 10.1 Å². The zero-order chi connectivity index (χ0) is 14.1. The molecule has 3 heteroatoms. The Morgan fingerprint density at radius 3 is 2.85 bits per heavy atom. The van der Waals surface area contributed by atoms with E-state index in [2.05, 4.69) is 31.3 Å². The van der Waals surface area contributed by atoms with Crippen molar-refractivity contribution in [2.75, 3.05) is 5.32 Å². The molecule has 1 N–H and O–H groups in total. The molecule has 20 heavy (non-hydrogen) atoms. The van der Waals surface area contributed by atoms with Gasteiger partial charge in [-0.15, -0.1) is 0 Å². The Balaban J connectivity index is 1.98. The highest BCUT2D eigenvalue weighted by Crippen LogP contribution is 2.34. The number of nitrogens with one attached hydrogen (secondary N) is 1. The van der Waals surface area contributed by atoms with Gasteiger partial charge in [0.25, 0.3) is 0 Å². The van der Waals surface area contributed by atoms with E-state index in [9.17, 15) is 4.79 Å². The molecule has 2 atom stereocenters. The molecule has 3 nitrogen and oxygen atoms in total. The van der Waals surface area contributed by atoms with Gasteiger partial charge in [-0.2, -0.15) is 0 Å². The van der Waals surface area contributed by atoms with E-state index in [0.717, 1.165) is 24.3 Å². The molecule has 0 bridgehead atoms. The van der Waals surface area contributed by atoms with Crippen LogP contribution in [0.5, 0.6) is 5.75 Å². The third-order valence-electron chi connectivity index (χ3n) is 3.93. The second kappa shape index (κ2) is 5.16. The Kier molecular flexibility index (Phi) is 3.35. The van der Waals surface area contributed by atoms with Crippen molar-refractivity contribution >= 4 is 11.6 Å². The van der Waals surface area contributed by atoms with Crippen LogP contribution in [0.2, 0.25) is 0 Å². The fourth-order valence-electron chi connectivity index (χ4n) is 2.65. The molecule has 0 fully saturated rings. The van der Waals surface area contributed by atoms with Gasteiger partial charge >= 0.3 is 0 Å². The predicted molar refractivity (Wildman–Crippen MR) is 79.9 cm³/mol. The van der Waals surface area contributed by atoms with Crippen LogP contribution in [0.4, 0.5) is 5.69 Å². The summed E-state index contributed by atoms with van der Waals surface area (Å²) in [5.74, 6) is 0.512. The molecular weight excluding hydrogens is 250 g/mol. The minimum absolute atomic E-state index is 0.00431. The summed E-state index contributed by atoms with van der Waals surface area (Å²) in [6.07, 6.45) is 7.72. The molecule has 2 aliphatic rings. The standard InChI is InChI=1S/C17H19NO2/c1-3-11-6-8-15-14(9-11)18-17(19)13-7-5-12(4-2)10-16(13)20-15/h5-10,13,16H,3-4H2,1-2H3,(H,18,19). The van der Waals surface area contributed by atoms with E-state index < -0.39 is 0 Å². The second-order valence-corrected chi connectivity index (χ2v) is 5.24. The van der Waals surface area contributed by atoms with Crippen LogP contribution in [0, 0.1) is 5.92 Å². The SMILES string of the molecule is CCC1=CC2Oc3ccc(CC)cc3NC(=O)C2C=C1. The Morgan fingerprint density at radius 2 is 2.10 bits per heavy atom. The maximum absolute atomic E-state index is 12.3. The molecule has 1 heterocycles. The van der Waals surface area contributed by atoms with Gasteiger partial charge < -0.3 is 10.1 Å². The highest BCUT2D eigenvalue weighted by Gasteiger charge is 2.32. The summed E-state index contributed by atoms with van der Waals surface area (Å²) >= 11 is 0. The van der Waals surface area contributed by atoms with Crippen molar-refractivity contribution in [2.24, 2.45) is 5.92 Å². The quantitative estimate of drug-likeness (QED) is 0.892. The van der Waals surface area contributed by atoms with E-state index in [1.54, 1.807) is 0 Å². The van der Waals surface area contributed by atoms with Gasteiger partial charge in [-0.3, -0.25) is 4.79 Å². The molecule has 0 saturated heterocycles. The first kappa shape index (κ1) is 13.0. The first-order chi connectivity index (χ1) is 9.71. The van der Waals surface area contributed by atoms with Crippen molar-refractivity contribution in [3.63, 3.8) is 0 Å². The van der Waals surface area contributed by atoms with E-state index in [-0.39, 0.29) is 17.9 Å². The van der Waals surface area contributed by atoms with Crippen molar-refractivity contribution < 1.29 is 9.53 Å². The summed E-state index contributed by atoms with van der Waals surface area (Å²) in [6, 6.07) is 6.00. The molecule has 0 spiro atoms. The maximum atomic E-state index is 12.3. The summed E-state index contributed by atoms with van der Waals surface area (Å²) in [5.41, 5.74) is 3.19. The number of carbonyl (C=O) groups is 1. The molecule has 104 valence electrons. The lowest BCUT2D eigenvalue weighted by molar-refractivity contribution is -0.119. The lowest BCUT2D eigenvalue weighted by atomic mass is 9.92. The monoisotopic (exact) mass is 269 g/mol. The molecule has 1 amide bonds. The van der Waals surface area contributed by atoms with Gasteiger partial charge in [0.1, 0.15) is 11.9 Å². The summed E-state index contributed by atoms with van der Waals surface area (Å²) in [6.45, 7) is 4.20. The molecular formula is C17H19NO2. The number of anilines is 1. The molecule has 1 aliphatic heterocycles. The Morgan fingerprint density at radius 1 is 1.25 bits per heavy atom. The Bertz CT molecular complexity index is 601. The smallest absolute Gasteiger partial charge is 0.235 e. The number of allylic oxidation sites excluding steroid dienone is 2. The first-order valence-corrected chi connectivity index (χ1v) is 7.20. The fourth-order valence-corrected chi connectivity index (χ4v) is 2.65. The van der Waals surface area contributed by atoms with Crippen molar-refractivity contribution in [3.8, 4) is 5.75 Å². The number of amides is 1. The number of hydrogen-bond donors (Lipinski definition) is 1. The summed E-state index contributed by atoms with van der Waals surface area (Å²) in [5, 5.41) is 2.98. The highest BCUT2D eigenvalue weighted by atomic mass is 16.5. The van der Waals surface area contributed by atoms with Crippen molar-refractivity contribution in [1.82, 2.24) is 0 Å². The molecule has 1 aliphatic carbocycles. The fraction of sp³-hybridized carbons (Fsp3) is 0.353. The zero-order valence-electron chi connectivity index (χ0n) is 11.8. The molecule has 3 rings (SSSR count). The van der Waals surface area contributed by atoms with E-state index in [1.807, 2.05) is 24.3 Å². The number of hydrogen-bond acceptors (Lipinski definition) is 2. The van der Waals surface area contributed by atoms with E-state index in [4.69, 9.17) is 4.74 Å². The van der Waals surface area contributed by atoms with Gasteiger partial charge in [-0.25, -0.2) is 0 Å². The molecule has 1 aromatic rings. The average Bonchev–Trinajstić information content (AvgIpc) is 2.61. The minimum atomic E-state index is -0.247.